The van der Waals surface area contributed by atoms with E-state index < -0.39 is 115 Å². The molecule has 0 spiro atoms. The van der Waals surface area contributed by atoms with Crippen molar-refractivity contribution < 1.29 is 89.1 Å². The van der Waals surface area contributed by atoms with E-state index in [-0.39, 0.29) is 75.9 Å². The summed E-state index contributed by atoms with van der Waals surface area (Å²) in [5, 5.41) is 12.9. The average Bonchev–Trinajstić information content (AvgIpc) is 1.70. The van der Waals surface area contributed by atoms with E-state index in [1.165, 1.54) is 6.92 Å². The largest absolute Gasteiger partial charge is 0.457 e. The number of sulfonamides is 1. The lowest BCUT2D eigenvalue weighted by Crippen LogP contribution is -2.41. The average molecular weight is 1460 g/mol. The van der Waals surface area contributed by atoms with Crippen LogP contribution in [0.15, 0.2) is 129 Å². The molecule has 0 bridgehead atoms. The van der Waals surface area contributed by atoms with Crippen LogP contribution in [-0.2, 0) is 82.2 Å². The number of hydrogen-bond acceptors (Lipinski definition) is 16. The van der Waals surface area contributed by atoms with Crippen LogP contribution >= 0.6 is 0 Å². The number of carbonyl (C=O) groups is 3. The van der Waals surface area contributed by atoms with Crippen molar-refractivity contribution in [1.82, 2.24) is 10.6 Å². The maximum atomic E-state index is 15.8. The van der Waals surface area contributed by atoms with Crippen molar-refractivity contribution >= 4 is 80.5 Å². The monoisotopic (exact) mass is 1460 g/mol. The number of nitrogens with zero attached hydrogens (tertiary/aromatic N) is 2. The zero-order valence-electron chi connectivity index (χ0n) is 56.0. The van der Waals surface area contributed by atoms with Crippen molar-refractivity contribution in [2.75, 3.05) is 73.5 Å². The lowest BCUT2D eigenvalue weighted by molar-refractivity contribution is -0.438. The number of ketones is 1. The zero-order valence-corrected chi connectivity index (χ0v) is 59.3. The van der Waals surface area contributed by atoms with Gasteiger partial charge in [0.05, 0.1) is 60.8 Å². The molecule has 0 saturated heterocycles. The summed E-state index contributed by atoms with van der Waals surface area (Å²) in [5.41, 5.74) is 7.41. The Balaban J connectivity index is 0.862. The van der Waals surface area contributed by atoms with Crippen molar-refractivity contribution in [3.63, 3.8) is 0 Å². The fraction of sp³-hybridized carbons (Fsp3) is 0.486. The molecule has 0 aromatic heterocycles. The first kappa shape index (κ1) is 77.6. The van der Waals surface area contributed by atoms with Crippen molar-refractivity contribution in [2.24, 2.45) is 5.14 Å². The van der Waals surface area contributed by atoms with Crippen LogP contribution in [0, 0.1) is 17.5 Å². The Kier molecular flexibility index (Phi) is 27.4. The van der Waals surface area contributed by atoms with Gasteiger partial charge in [-0.05, 0) is 131 Å². The van der Waals surface area contributed by atoms with Gasteiger partial charge in [-0.1, -0.05) is 86.7 Å². The first-order valence-corrected chi connectivity index (χ1v) is 39.9. The molecule has 0 radical (unpaired) electrons. The number of anilines is 2. The number of unbranched alkanes of at least 4 members (excludes halogenated alkanes) is 2. The first-order chi connectivity index (χ1) is 46.9. The lowest BCUT2D eigenvalue weighted by atomic mass is 9.81. The number of Topliss-reactive ketones (excluding diaryl/α,β-unsaturated/α-hetero) is 1. The highest BCUT2D eigenvalue weighted by Crippen LogP contribution is 2.42. The quantitative estimate of drug-likeness (QED) is 0.0108. The van der Waals surface area contributed by atoms with E-state index in [0.717, 1.165) is 76.3 Å². The highest BCUT2D eigenvalue weighted by Gasteiger charge is 2.44. The van der Waals surface area contributed by atoms with Gasteiger partial charge in [0.2, 0.25) is 27.5 Å². The molecule has 2 aliphatic heterocycles. The molecular weight excluding hydrogens is 1370 g/mol. The molecule has 22 nitrogen and oxygen atoms in total. The minimum Gasteiger partial charge on any atom is -0.457 e. The van der Waals surface area contributed by atoms with Gasteiger partial charge in [-0.25, -0.2) is 35.1 Å². The van der Waals surface area contributed by atoms with Gasteiger partial charge in [0.25, 0.3) is 20.2 Å². The Bertz CT molecular complexity index is 4230. The van der Waals surface area contributed by atoms with Gasteiger partial charge >= 0.3 is 0 Å². The summed E-state index contributed by atoms with van der Waals surface area (Å²) in [6.45, 7) is 6.64. The number of amides is 2. The normalized spacial score (nSPS) is 17.4. The van der Waals surface area contributed by atoms with Crippen molar-refractivity contribution in [3.05, 3.63) is 154 Å². The molecule has 29 heteroatoms. The first-order valence-electron chi connectivity index (χ1n) is 33.4. The number of fused-ring (bicyclic) bond motifs is 2. The molecule has 540 valence electrons. The van der Waals surface area contributed by atoms with Crippen LogP contribution in [-0.4, -0.2) is 146 Å². The van der Waals surface area contributed by atoms with Crippen LogP contribution in [0.2, 0.25) is 0 Å². The number of ether oxygens (including phenoxy) is 3. The van der Waals surface area contributed by atoms with Gasteiger partial charge in [-0.15, -0.1) is 0 Å². The number of primary sulfonamides is 1. The second-order valence-corrected chi connectivity index (χ2v) is 32.5. The molecule has 2 amide bonds. The van der Waals surface area contributed by atoms with E-state index in [1.54, 1.807) is 12.1 Å². The predicted molar refractivity (Wildman–Crippen MR) is 371 cm³/mol. The van der Waals surface area contributed by atoms with E-state index in [4.69, 9.17) is 19.3 Å². The number of nitrogens with two attached hydrogens (primary N) is 1. The third-order valence-electron chi connectivity index (χ3n) is 18.0. The Morgan fingerprint density at radius 2 is 1.36 bits per heavy atom. The van der Waals surface area contributed by atoms with Gasteiger partial charge in [0.1, 0.15) is 22.9 Å². The minimum absolute atomic E-state index is 0.0248. The number of halogens is 3. The van der Waals surface area contributed by atoms with E-state index in [2.05, 4.69) is 81.8 Å². The molecule has 1 atom stereocenters. The maximum absolute atomic E-state index is 15.8. The fourth-order valence-corrected chi connectivity index (χ4v) is 16.2. The van der Waals surface area contributed by atoms with Gasteiger partial charge in [-0.2, -0.15) is 21.4 Å². The Morgan fingerprint density at radius 1 is 0.717 bits per heavy atom. The van der Waals surface area contributed by atoms with Crippen LogP contribution in [0.4, 0.5) is 30.2 Å². The van der Waals surface area contributed by atoms with Crippen molar-refractivity contribution in [3.8, 4) is 5.75 Å². The van der Waals surface area contributed by atoms with Crippen LogP contribution in [0.3, 0.4) is 0 Å². The molecule has 1 saturated carbocycles. The van der Waals surface area contributed by atoms with Crippen LogP contribution in [0.25, 0.3) is 0 Å². The Morgan fingerprint density at radius 3 is 2.05 bits per heavy atom. The number of sulfone groups is 1. The SMILES string of the molecule is CC(=O)[C@H](Cc1ccc(OC2=C(/C=C/C3=[N+](CCCCS(=O)(=O)O)c4ccccc4C3(C)C)CCC/C2=C\C=C2/Cc3ccccc3N2CCCCS(=O)(=O)O)cc1)NC(=O)CCOCCOCCNC(=O)CCS(=O)(=O)c1c(F)c(F)c(S(N)(=O)=O)c(F)c1NC1CCCCCCC1. The van der Waals surface area contributed by atoms with E-state index >= 15 is 13.2 Å². The fourth-order valence-electron chi connectivity index (χ4n) is 12.9. The van der Waals surface area contributed by atoms with Gasteiger partial charge < -0.3 is 35.1 Å². The summed E-state index contributed by atoms with van der Waals surface area (Å²) in [6.07, 6.45) is 16.9. The third kappa shape index (κ3) is 22.0. The maximum Gasteiger partial charge on any atom is 0.264 e. The van der Waals surface area contributed by atoms with Crippen LogP contribution in [0.1, 0.15) is 140 Å². The topological polar surface area (TPSA) is 324 Å². The molecule has 1 fully saturated rings. The second kappa shape index (κ2) is 35.0. The Hall–Kier alpha value is -7.09. The number of nitrogens with one attached hydrogen (secondary N) is 3. The molecule has 4 aromatic rings. The molecule has 99 heavy (non-hydrogen) atoms. The van der Waals surface area contributed by atoms with E-state index in [9.17, 15) is 57.2 Å². The van der Waals surface area contributed by atoms with Crippen LogP contribution in [0.5, 0.6) is 5.75 Å². The summed E-state index contributed by atoms with van der Waals surface area (Å²) in [4.78, 5) is 37.7. The van der Waals surface area contributed by atoms with Gasteiger partial charge in [-0.3, -0.25) is 23.5 Å². The zero-order chi connectivity index (χ0) is 71.7. The number of allylic oxidation sites excluding steroid dienone is 7. The van der Waals surface area contributed by atoms with E-state index in [1.807, 2.05) is 42.5 Å². The van der Waals surface area contributed by atoms with Crippen molar-refractivity contribution in [1.29, 1.82) is 0 Å². The summed E-state index contributed by atoms with van der Waals surface area (Å²) in [7, 11) is -18.4. The van der Waals surface area contributed by atoms with Crippen LogP contribution < -0.4 is 30.7 Å². The summed E-state index contributed by atoms with van der Waals surface area (Å²) < 4.78 is 183. The summed E-state index contributed by atoms with van der Waals surface area (Å²) in [5.74, 6) is -8.42. The molecular formula is C70H90F3N6O16S4+. The van der Waals surface area contributed by atoms with Crippen molar-refractivity contribution in [2.45, 2.75) is 164 Å². The number of carbonyl (C=O) groups excluding carboxylic acids is 3. The summed E-state index contributed by atoms with van der Waals surface area (Å²) >= 11 is 0. The third-order valence-corrected chi connectivity index (χ3v) is 22.3. The number of rotatable bonds is 35. The molecule has 0 unspecified atom stereocenters. The molecule has 4 aliphatic rings. The molecule has 7 N–H and O–H groups in total. The Labute approximate surface area is 578 Å². The summed E-state index contributed by atoms with van der Waals surface area (Å²) in [6, 6.07) is 22.0. The molecule has 4 aromatic carbocycles. The van der Waals surface area contributed by atoms with E-state index in [0.29, 0.717) is 82.4 Å². The number of benzene rings is 4. The molecule has 8 rings (SSSR count). The standard InChI is InChI=1S/C70H89F3N6O16S4/c1-48(80)57(77-62(82)34-39-93-41-42-94-40-36-75-61(81)35-45-96(83,84)69-64(72)63(71)68(99(74,91)92)65(73)66(69)76-53-21-7-5-4-6-8-22-53)46-49-26-31-55(32-27-49)95-67-50(28-30-54-47-52-18-9-11-24-58(52)78(54)37-13-15-43-97(85,86)87)19-17-20-51(67)29-33-60-70(2,3)56-23-10-12-25-59(56)79(60)38-14-16-44-98(88,89)90/h9-12,18,23-33,53,57,76H,4-8,13-17,19-22,34-47H2,1-3H3,(H5-,74,75,77,81,82,85,86,87,88,89,90,91,92)/p+1/t57-/m0/s1. The molecule has 2 aliphatic carbocycles. The lowest BCUT2D eigenvalue weighted by Gasteiger charge is -2.25. The predicted octanol–water partition coefficient (Wildman–Crippen LogP) is 9.95. The number of hydrogen-bond donors (Lipinski definition) is 6. The minimum atomic E-state index is -5.18. The highest BCUT2D eigenvalue weighted by atomic mass is 32.2. The van der Waals surface area contributed by atoms with Gasteiger partial charge in [0.15, 0.2) is 43.7 Å². The molecule has 2 heterocycles. The highest BCUT2D eigenvalue weighted by molar-refractivity contribution is 7.91. The second-order valence-electron chi connectivity index (χ2n) is 25.8. The smallest absolute Gasteiger partial charge is 0.264 e. The number of para-hydroxylation sites is 2. The van der Waals surface area contributed by atoms with Gasteiger partial charge in [0, 0.05) is 73.9 Å².